The maximum absolute atomic E-state index is 12.4. The summed E-state index contributed by atoms with van der Waals surface area (Å²) < 4.78 is 0. The number of amides is 1. The highest BCUT2D eigenvalue weighted by molar-refractivity contribution is 5.93. The van der Waals surface area contributed by atoms with Crippen LogP contribution < -0.4 is 5.73 Å². The van der Waals surface area contributed by atoms with Gasteiger partial charge >= 0.3 is 0 Å². The van der Waals surface area contributed by atoms with Crippen molar-refractivity contribution in [2.75, 3.05) is 39.3 Å². The summed E-state index contributed by atoms with van der Waals surface area (Å²) in [5, 5.41) is 0. The molecule has 1 aromatic heterocycles. The minimum absolute atomic E-state index is 0.0853. The molecule has 1 fully saturated rings. The second-order valence-corrected chi connectivity index (χ2v) is 4.96. The number of carbonyl (C=O) groups is 1. The Kier molecular flexibility index (Phi) is 4.87. The van der Waals surface area contributed by atoms with E-state index < -0.39 is 0 Å². The largest absolute Gasteiger partial charge is 0.337 e. The molecule has 1 aromatic rings. The molecule has 2 heterocycles. The van der Waals surface area contributed by atoms with E-state index in [1.54, 1.807) is 6.20 Å². The molecular formula is C14H22N4O. The maximum atomic E-state index is 12.4. The minimum atomic E-state index is 0.0853. The Morgan fingerprint density at radius 3 is 2.84 bits per heavy atom. The molecule has 5 heteroatoms. The fraction of sp³-hybridized carbons (Fsp3) is 0.571. The third kappa shape index (κ3) is 3.75. The zero-order valence-corrected chi connectivity index (χ0v) is 11.5. The van der Waals surface area contributed by atoms with Gasteiger partial charge in [-0.3, -0.25) is 9.78 Å². The Balaban J connectivity index is 1.98. The number of pyridine rings is 1. The number of aromatic nitrogens is 1. The fourth-order valence-corrected chi connectivity index (χ4v) is 2.36. The van der Waals surface area contributed by atoms with Gasteiger partial charge in [-0.25, -0.2) is 0 Å². The van der Waals surface area contributed by atoms with Crippen molar-refractivity contribution < 1.29 is 4.79 Å². The van der Waals surface area contributed by atoms with Crippen LogP contribution in [-0.2, 0) is 0 Å². The molecule has 0 radical (unpaired) electrons. The molecule has 19 heavy (non-hydrogen) atoms. The topological polar surface area (TPSA) is 62.5 Å². The molecule has 0 atom stereocenters. The summed E-state index contributed by atoms with van der Waals surface area (Å²) in [5.74, 6) is 0.0853. The van der Waals surface area contributed by atoms with E-state index in [-0.39, 0.29) is 5.91 Å². The van der Waals surface area contributed by atoms with E-state index in [1.165, 1.54) is 0 Å². The number of carbonyl (C=O) groups excluding carboxylic acids is 1. The molecule has 0 bridgehead atoms. The molecule has 1 saturated heterocycles. The molecule has 0 unspecified atom stereocenters. The molecule has 1 aliphatic rings. The van der Waals surface area contributed by atoms with Crippen molar-refractivity contribution in [2.24, 2.45) is 5.73 Å². The summed E-state index contributed by atoms with van der Waals surface area (Å²) >= 11 is 0. The molecule has 2 rings (SSSR count). The average molecular weight is 262 g/mol. The van der Waals surface area contributed by atoms with Gasteiger partial charge in [-0.2, -0.15) is 0 Å². The van der Waals surface area contributed by atoms with E-state index in [9.17, 15) is 4.79 Å². The Bertz CT molecular complexity index is 418. The van der Waals surface area contributed by atoms with Crippen LogP contribution in [0.5, 0.6) is 0 Å². The molecule has 0 aromatic carbocycles. The van der Waals surface area contributed by atoms with Crippen molar-refractivity contribution in [3.63, 3.8) is 0 Å². The first kappa shape index (κ1) is 14.0. The lowest BCUT2D eigenvalue weighted by molar-refractivity contribution is 0.0761. The van der Waals surface area contributed by atoms with Crippen molar-refractivity contribution in [1.82, 2.24) is 14.8 Å². The normalized spacial score (nSPS) is 17.3. The molecule has 1 aliphatic heterocycles. The van der Waals surface area contributed by atoms with Crippen LogP contribution in [-0.4, -0.2) is 60.0 Å². The summed E-state index contributed by atoms with van der Waals surface area (Å²) in [6.07, 6.45) is 2.67. The monoisotopic (exact) mass is 262 g/mol. The Labute approximate surface area is 114 Å². The van der Waals surface area contributed by atoms with Crippen molar-refractivity contribution in [3.05, 3.63) is 29.6 Å². The molecule has 0 saturated carbocycles. The van der Waals surface area contributed by atoms with Gasteiger partial charge in [0.1, 0.15) is 0 Å². The van der Waals surface area contributed by atoms with Gasteiger partial charge in [0.2, 0.25) is 0 Å². The Hall–Kier alpha value is -1.46. The van der Waals surface area contributed by atoms with Gasteiger partial charge in [0.05, 0.1) is 5.56 Å². The highest BCUT2D eigenvalue weighted by atomic mass is 16.2. The van der Waals surface area contributed by atoms with Crippen LogP contribution in [0.3, 0.4) is 0 Å². The first-order valence-corrected chi connectivity index (χ1v) is 6.85. The molecule has 104 valence electrons. The van der Waals surface area contributed by atoms with Crippen LogP contribution in [0.15, 0.2) is 18.3 Å². The lowest BCUT2D eigenvalue weighted by atomic mass is 10.2. The first-order chi connectivity index (χ1) is 9.20. The second-order valence-electron chi connectivity index (χ2n) is 4.96. The van der Waals surface area contributed by atoms with E-state index in [0.717, 1.165) is 44.8 Å². The van der Waals surface area contributed by atoms with Gasteiger partial charge in [0.15, 0.2) is 0 Å². The number of hydrogen-bond donors (Lipinski definition) is 1. The van der Waals surface area contributed by atoms with Crippen LogP contribution in [0.4, 0.5) is 0 Å². The van der Waals surface area contributed by atoms with Gasteiger partial charge in [0.25, 0.3) is 5.91 Å². The van der Waals surface area contributed by atoms with Crippen LogP contribution in [0.2, 0.25) is 0 Å². The van der Waals surface area contributed by atoms with Crippen LogP contribution in [0.1, 0.15) is 22.5 Å². The lowest BCUT2D eigenvalue weighted by Crippen LogP contribution is -2.36. The van der Waals surface area contributed by atoms with Gasteiger partial charge in [-0.1, -0.05) is 0 Å². The zero-order chi connectivity index (χ0) is 13.7. The maximum Gasteiger partial charge on any atom is 0.255 e. The number of hydrogen-bond acceptors (Lipinski definition) is 4. The summed E-state index contributed by atoms with van der Waals surface area (Å²) in [4.78, 5) is 20.8. The van der Waals surface area contributed by atoms with E-state index >= 15 is 0 Å². The minimum Gasteiger partial charge on any atom is -0.337 e. The molecule has 0 spiro atoms. The number of nitrogens with two attached hydrogens (primary N) is 1. The fourth-order valence-electron chi connectivity index (χ4n) is 2.36. The number of rotatable bonds is 3. The summed E-state index contributed by atoms with van der Waals surface area (Å²) in [6.45, 7) is 7.02. The molecular weight excluding hydrogens is 240 g/mol. The van der Waals surface area contributed by atoms with Gasteiger partial charge in [0, 0.05) is 44.6 Å². The van der Waals surface area contributed by atoms with Crippen molar-refractivity contribution in [2.45, 2.75) is 13.3 Å². The van der Waals surface area contributed by atoms with Gasteiger partial charge < -0.3 is 15.5 Å². The lowest BCUT2D eigenvalue weighted by Gasteiger charge is -2.21. The van der Waals surface area contributed by atoms with Crippen molar-refractivity contribution >= 4 is 5.91 Å². The SMILES string of the molecule is Cc1ccc(C(=O)N2CCCN(CCN)CC2)cn1. The van der Waals surface area contributed by atoms with Gasteiger partial charge in [-0.15, -0.1) is 0 Å². The number of aryl methyl sites for hydroxylation is 1. The standard InChI is InChI=1S/C14H22N4O/c1-12-3-4-13(11-16-12)14(19)18-7-2-6-17(8-5-15)9-10-18/h3-4,11H,2,5-10,15H2,1H3. The van der Waals surface area contributed by atoms with Crippen LogP contribution in [0, 0.1) is 6.92 Å². The van der Waals surface area contributed by atoms with E-state index in [4.69, 9.17) is 5.73 Å². The third-order valence-electron chi connectivity index (χ3n) is 3.48. The molecule has 1 amide bonds. The highest BCUT2D eigenvalue weighted by Crippen LogP contribution is 2.09. The predicted octanol–water partition coefficient (Wildman–Crippen LogP) is 0.497. The first-order valence-electron chi connectivity index (χ1n) is 6.85. The smallest absolute Gasteiger partial charge is 0.255 e. The summed E-state index contributed by atoms with van der Waals surface area (Å²) in [6, 6.07) is 3.74. The van der Waals surface area contributed by atoms with Crippen LogP contribution in [0.25, 0.3) is 0 Å². The number of nitrogens with zero attached hydrogens (tertiary/aromatic N) is 3. The summed E-state index contributed by atoms with van der Waals surface area (Å²) in [7, 11) is 0. The molecule has 2 N–H and O–H groups in total. The van der Waals surface area contributed by atoms with E-state index in [0.29, 0.717) is 12.1 Å². The van der Waals surface area contributed by atoms with Gasteiger partial charge in [-0.05, 0) is 32.0 Å². The highest BCUT2D eigenvalue weighted by Gasteiger charge is 2.19. The molecule has 5 nitrogen and oxygen atoms in total. The average Bonchev–Trinajstić information content (AvgIpc) is 2.65. The van der Waals surface area contributed by atoms with E-state index in [2.05, 4.69) is 9.88 Å². The summed E-state index contributed by atoms with van der Waals surface area (Å²) in [5.41, 5.74) is 7.19. The van der Waals surface area contributed by atoms with Crippen molar-refractivity contribution in [1.29, 1.82) is 0 Å². The van der Waals surface area contributed by atoms with Crippen molar-refractivity contribution in [3.8, 4) is 0 Å². The quantitative estimate of drug-likeness (QED) is 0.861. The Morgan fingerprint density at radius 2 is 2.16 bits per heavy atom. The van der Waals surface area contributed by atoms with E-state index in [1.807, 2.05) is 24.0 Å². The third-order valence-corrected chi connectivity index (χ3v) is 3.48. The molecule has 0 aliphatic carbocycles. The second kappa shape index (κ2) is 6.63. The zero-order valence-electron chi connectivity index (χ0n) is 11.5. The Morgan fingerprint density at radius 1 is 1.32 bits per heavy atom. The van der Waals surface area contributed by atoms with Crippen LogP contribution >= 0.6 is 0 Å². The predicted molar refractivity (Wildman–Crippen MR) is 75.0 cm³/mol.